The first-order valence-electron chi connectivity index (χ1n) is 6.77. The average Bonchev–Trinajstić information content (AvgIpc) is 2.74. The monoisotopic (exact) mass is 225 g/mol. The Hall–Kier alpha value is -0.120. The van der Waals surface area contributed by atoms with Crippen molar-refractivity contribution < 1.29 is 0 Å². The molecule has 0 bridgehead atoms. The van der Waals surface area contributed by atoms with Gasteiger partial charge in [-0.25, -0.2) is 0 Å². The molecule has 16 heavy (non-hydrogen) atoms. The van der Waals surface area contributed by atoms with Gasteiger partial charge in [-0.2, -0.15) is 0 Å². The molecule has 2 aliphatic heterocycles. The van der Waals surface area contributed by atoms with Gasteiger partial charge in [0.15, 0.2) is 0 Å². The molecule has 0 amide bonds. The minimum atomic E-state index is 0.189. The molecular weight excluding hydrogens is 198 g/mol. The van der Waals surface area contributed by atoms with Gasteiger partial charge >= 0.3 is 0 Å². The molecule has 0 aromatic heterocycles. The van der Waals surface area contributed by atoms with Crippen LogP contribution >= 0.6 is 0 Å². The molecule has 0 radical (unpaired) electrons. The minimum Gasteiger partial charge on any atom is -0.329 e. The summed E-state index contributed by atoms with van der Waals surface area (Å²) in [6.07, 6.45) is 2.77. The maximum atomic E-state index is 6.02. The lowest BCUT2D eigenvalue weighted by molar-refractivity contribution is 0.00318. The predicted octanol–water partition coefficient (Wildman–Crippen LogP) is 1.14. The summed E-state index contributed by atoms with van der Waals surface area (Å²) in [5.74, 6) is 0.630. The summed E-state index contributed by atoms with van der Waals surface area (Å²) in [5, 5.41) is 0. The Bertz CT molecular complexity index is 241. The van der Waals surface area contributed by atoms with Crippen LogP contribution in [0, 0.1) is 5.92 Å². The van der Waals surface area contributed by atoms with Crippen molar-refractivity contribution in [2.24, 2.45) is 11.7 Å². The second-order valence-electron chi connectivity index (χ2n) is 5.99. The number of nitrogens with two attached hydrogens (primary N) is 1. The maximum absolute atomic E-state index is 6.02. The average molecular weight is 225 g/mol. The van der Waals surface area contributed by atoms with Crippen LogP contribution in [0.5, 0.6) is 0 Å². The Labute approximate surface area is 100.0 Å². The maximum Gasteiger partial charge on any atom is 0.0327 e. The normalized spacial score (nSPS) is 31.7. The summed E-state index contributed by atoms with van der Waals surface area (Å²) in [6.45, 7) is 12.7. The molecule has 2 unspecified atom stereocenters. The van der Waals surface area contributed by atoms with Crippen molar-refractivity contribution in [3.05, 3.63) is 0 Å². The van der Waals surface area contributed by atoms with Crippen molar-refractivity contribution in [1.82, 2.24) is 9.80 Å². The van der Waals surface area contributed by atoms with E-state index >= 15 is 0 Å². The SMILES string of the molecule is CC(C)C(C)(CN)N1CCN2CCCC2C1. The molecule has 0 aromatic rings. The fourth-order valence-corrected chi connectivity index (χ4v) is 3.19. The number of nitrogens with zero attached hydrogens (tertiary/aromatic N) is 2. The van der Waals surface area contributed by atoms with E-state index in [9.17, 15) is 0 Å². The van der Waals surface area contributed by atoms with Gasteiger partial charge in [0, 0.05) is 37.8 Å². The van der Waals surface area contributed by atoms with Gasteiger partial charge in [0.25, 0.3) is 0 Å². The molecule has 0 aliphatic carbocycles. The summed E-state index contributed by atoms with van der Waals surface area (Å²) in [4.78, 5) is 5.30. The molecule has 0 saturated carbocycles. The summed E-state index contributed by atoms with van der Waals surface area (Å²) < 4.78 is 0. The van der Waals surface area contributed by atoms with Crippen LogP contribution in [0.3, 0.4) is 0 Å². The first kappa shape index (κ1) is 12.3. The van der Waals surface area contributed by atoms with E-state index in [-0.39, 0.29) is 5.54 Å². The largest absolute Gasteiger partial charge is 0.329 e. The van der Waals surface area contributed by atoms with Crippen LogP contribution in [0.2, 0.25) is 0 Å². The summed E-state index contributed by atoms with van der Waals surface area (Å²) in [6, 6.07) is 0.804. The van der Waals surface area contributed by atoms with Gasteiger partial charge in [-0.3, -0.25) is 9.80 Å². The molecule has 2 fully saturated rings. The Morgan fingerprint density at radius 1 is 1.31 bits per heavy atom. The zero-order valence-corrected chi connectivity index (χ0v) is 11.1. The quantitative estimate of drug-likeness (QED) is 0.782. The van der Waals surface area contributed by atoms with E-state index in [1.54, 1.807) is 0 Å². The standard InChI is InChI=1S/C13H27N3/c1-11(2)13(3,10-14)16-8-7-15-6-4-5-12(15)9-16/h11-12H,4-10,14H2,1-3H3. The summed E-state index contributed by atoms with van der Waals surface area (Å²) in [7, 11) is 0. The van der Waals surface area contributed by atoms with Crippen LogP contribution in [0.1, 0.15) is 33.6 Å². The number of hydrogen-bond acceptors (Lipinski definition) is 3. The van der Waals surface area contributed by atoms with Crippen LogP contribution < -0.4 is 5.73 Å². The van der Waals surface area contributed by atoms with Gasteiger partial charge < -0.3 is 5.73 Å². The lowest BCUT2D eigenvalue weighted by atomic mass is 9.85. The highest BCUT2D eigenvalue weighted by Crippen LogP contribution is 2.29. The molecule has 2 rings (SSSR count). The van der Waals surface area contributed by atoms with Crippen molar-refractivity contribution >= 4 is 0 Å². The summed E-state index contributed by atoms with van der Waals surface area (Å²) >= 11 is 0. The van der Waals surface area contributed by atoms with Crippen LogP contribution in [0.4, 0.5) is 0 Å². The fraction of sp³-hybridized carbons (Fsp3) is 1.00. The lowest BCUT2D eigenvalue weighted by Crippen LogP contribution is -2.62. The van der Waals surface area contributed by atoms with Crippen molar-refractivity contribution in [3.8, 4) is 0 Å². The molecule has 94 valence electrons. The van der Waals surface area contributed by atoms with E-state index in [0.717, 1.165) is 12.6 Å². The second-order valence-corrected chi connectivity index (χ2v) is 5.99. The number of piperazine rings is 1. The first-order chi connectivity index (χ1) is 7.58. The molecule has 3 heteroatoms. The van der Waals surface area contributed by atoms with Crippen LogP contribution in [-0.2, 0) is 0 Å². The summed E-state index contributed by atoms with van der Waals surface area (Å²) in [5.41, 5.74) is 6.21. The van der Waals surface area contributed by atoms with E-state index in [1.807, 2.05) is 0 Å². The highest BCUT2D eigenvalue weighted by atomic mass is 15.3. The zero-order valence-electron chi connectivity index (χ0n) is 11.1. The van der Waals surface area contributed by atoms with Gasteiger partial charge in [0.2, 0.25) is 0 Å². The number of fused-ring (bicyclic) bond motifs is 1. The molecule has 3 nitrogen and oxygen atoms in total. The first-order valence-corrected chi connectivity index (χ1v) is 6.77. The zero-order chi connectivity index (χ0) is 11.8. The lowest BCUT2D eigenvalue weighted by Gasteiger charge is -2.49. The van der Waals surface area contributed by atoms with E-state index < -0.39 is 0 Å². The predicted molar refractivity (Wildman–Crippen MR) is 68.5 cm³/mol. The molecule has 0 aromatic carbocycles. The van der Waals surface area contributed by atoms with Crippen molar-refractivity contribution in [1.29, 1.82) is 0 Å². The van der Waals surface area contributed by atoms with Gasteiger partial charge in [0.1, 0.15) is 0 Å². The third-order valence-electron chi connectivity index (χ3n) is 4.97. The molecule has 2 heterocycles. The van der Waals surface area contributed by atoms with Gasteiger partial charge in [-0.05, 0) is 32.2 Å². The molecule has 2 atom stereocenters. The Kier molecular flexibility index (Phi) is 3.57. The molecular formula is C13H27N3. The highest BCUT2D eigenvalue weighted by molar-refractivity contribution is 4.96. The molecule has 2 N–H and O–H groups in total. The van der Waals surface area contributed by atoms with E-state index in [0.29, 0.717) is 5.92 Å². The van der Waals surface area contributed by atoms with Gasteiger partial charge in [-0.15, -0.1) is 0 Å². The van der Waals surface area contributed by atoms with E-state index in [2.05, 4.69) is 30.6 Å². The van der Waals surface area contributed by atoms with Crippen LogP contribution in [0.15, 0.2) is 0 Å². The van der Waals surface area contributed by atoms with Crippen molar-refractivity contribution in [2.45, 2.75) is 45.2 Å². The third-order valence-corrected chi connectivity index (χ3v) is 4.97. The fourth-order valence-electron chi connectivity index (χ4n) is 3.19. The van der Waals surface area contributed by atoms with Crippen LogP contribution in [0.25, 0.3) is 0 Å². The van der Waals surface area contributed by atoms with Gasteiger partial charge in [-0.1, -0.05) is 13.8 Å². The molecule has 0 spiro atoms. The van der Waals surface area contributed by atoms with Gasteiger partial charge in [0.05, 0.1) is 0 Å². The van der Waals surface area contributed by atoms with Crippen LogP contribution in [-0.4, -0.2) is 54.1 Å². The smallest absolute Gasteiger partial charge is 0.0327 e. The molecule has 2 aliphatic rings. The van der Waals surface area contributed by atoms with Crippen molar-refractivity contribution in [2.75, 3.05) is 32.7 Å². The van der Waals surface area contributed by atoms with Crippen molar-refractivity contribution in [3.63, 3.8) is 0 Å². The van der Waals surface area contributed by atoms with E-state index in [1.165, 1.54) is 39.0 Å². The second kappa shape index (κ2) is 4.63. The minimum absolute atomic E-state index is 0.189. The molecule has 2 saturated heterocycles. The highest BCUT2D eigenvalue weighted by Gasteiger charge is 2.39. The third kappa shape index (κ3) is 2.01. The van der Waals surface area contributed by atoms with E-state index in [4.69, 9.17) is 5.73 Å². The Morgan fingerprint density at radius 3 is 2.69 bits per heavy atom. The Morgan fingerprint density at radius 2 is 2.06 bits per heavy atom. The number of hydrogen-bond donors (Lipinski definition) is 1. The topological polar surface area (TPSA) is 32.5 Å². The Balaban J connectivity index is 2.04. The number of rotatable bonds is 3.